The topological polar surface area (TPSA) is 56.1 Å². The lowest BCUT2D eigenvalue weighted by atomic mass is 10.0. The van der Waals surface area contributed by atoms with E-state index in [2.05, 4.69) is 17.1 Å². The number of likely N-dealkylation sites (tertiary alicyclic amines) is 1. The molecule has 2 rings (SSSR count). The number of nitrogens with zero attached hydrogens (tertiary/aromatic N) is 2. The molecule has 1 aliphatic rings. The fourth-order valence-corrected chi connectivity index (χ4v) is 2.68. The third-order valence-electron chi connectivity index (χ3n) is 3.66. The van der Waals surface area contributed by atoms with Crippen LogP contribution in [0.25, 0.3) is 0 Å². The highest BCUT2D eigenvalue weighted by Crippen LogP contribution is 2.20. The smallest absolute Gasteiger partial charge is 0.238 e. The minimum absolute atomic E-state index is 0.0421. The first-order chi connectivity index (χ1) is 9.60. The standard InChI is InChI=1S/C15H18ClN3O/c1-11-4-2-3-7-19(11)10-15(20)18-13-6-5-12(9-17)14(16)8-13/h5-6,8,11H,2-4,7,10H2,1H3,(H,18,20)/t11-/m1/s1. The van der Waals surface area contributed by atoms with Gasteiger partial charge in [-0.15, -0.1) is 0 Å². The summed E-state index contributed by atoms with van der Waals surface area (Å²) in [4.78, 5) is 14.2. The van der Waals surface area contributed by atoms with Crippen LogP contribution in [0.15, 0.2) is 18.2 Å². The Balaban J connectivity index is 1.94. The Morgan fingerprint density at radius 2 is 2.35 bits per heavy atom. The average molecular weight is 292 g/mol. The third-order valence-corrected chi connectivity index (χ3v) is 3.97. The zero-order chi connectivity index (χ0) is 14.5. The molecule has 1 heterocycles. The van der Waals surface area contributed by atoms with Gasteiger partial charge < -0.3 is 5.32 Å². The van der Waals surface area contributed by atoms with E-state index in [9.17, 15) is 4.79 Å². The molecule has 1 amide bonds. The van der Waals surface area contributed by atoms with Gasteiger partial charge in [-0.2, -0.15) is 5.26 Å². The Morgan fingerprint density at radius 3 is 3.00 bits per heavy atom. The minimum Gasteiger partial charge on any atom is -0.325 e. The zero-order valence-electron chi connectivity index (χ0n) is 11.5. The van der Waals surface area contributed by atoms with Crippen molar-refractivity contribution in [3.05, 3.63) is 28.8 Å². The number of rotatable bonds is 3. The number of anilines is 1. The van der Waals surface area contributed by atoms with Crippen LogP contribution in [-0.2, 0) is 4.79 Å². The monoisotopic (exact) mass is 291 g/mol. The van der Waals surface area contributed by atoms with E-state index in [1.807, 2.05) is 6.07 Å². The Kier molecular flexibility index (Phi) is 4.99. The van der Waals surface area contributed by atoms with Crippen LogP contribution in [0.2, 0.25) is 5.02 Å². The Hall–Kier alpha value is -1.57. The molecular formula is C15H18ClN3O. The van der Waals surface area contributed by atoms with Gasteiger partial charge in [0.15, 0.2) is 0 Å². The summed E-state index contributed by atoms with van der Waals surface area (Å²) in [6.07, 6.45) is 3.54. The van der Waals surface area contributed by atoms with E-state index in [4.69, 9.17) is 16.9 Å². The molecule has 1 fully saturated rings. The Bertz CT molecular complexity index is 538. The van der Waals surface area contributed by atoms with Gasteiger partial charge in [0.2, 0.25) is 5.91 Å². The maximum atomic E-state index is 12.0. The summed E-state index contributed by atoms with van der Waals surface area (Å²) in [5.74, 6) is -0.0421. The number of amides is 1. The highest BCUT2D eigenvalue weighted by Gasteiger charge is 2.20. The van der Waals surface area contributed by atoms with Gasteiger partial charge in [0, 0.05) is 11.7 Å². The lowest BCUT2D eigenvalue weighted by molar-refractivity contribution is -0.118. The molecule has 5 heteroatoms. The number of hydrogen-bond donors (Lipinski definition) is 1. The molecule has 4 nitrogen and oxygen atoms in total. The molecule has 1 aromatic carbocycles. The van der Waals surface area contributed by atoms with Crippen LogP contribution >= 0.6 is 11.6 Å². The number of halogens is 1. The quantitative estimate of drug-likeness (QED) is 0.931. The minimum atomic E-state index is -0.0421. The van der Waals surface area contributed by atoms with Gasteiger partial charge in [0.05, 0.1) is 17.1 Å². The summed E-state index contributed by atoms with van der Waals surface area (Å²) in [7, 11) is 0. The molecule has 0 aliphatic carbocycles. The van der Waals surface area contributed by atoms with Gasteiger partial charge in [0.1, 0.15) is 6.07 Å². The second-order valence-corrected chi connectivity index (χ2v) is 5.58. The van der Waals surface area contributed by atoms with Crippen molar-refractivity contribution in [1.29, 1.82) is 5.26 Å². The number of carbonyl (C=O) groups is 1. The van der Waals surface area contributed by atoms with Crippen molar-refractivity contribution in [1.82, 2.24) is 4.90 Å². The number of piperidine rings is 1. The summed E-state index contributed by atoms with van der Waals surface area (Å²) < 4.78 is 0. The zero-order valence-corrected chi connectivity index (χ0v) is 12.3. The van der Waals surface area contributed by atoms with Gasteiger partial charge in [-0.25, -0.2) is 0 Å². The van der Waals surface area contributed by atoms with Gasteiger partial charge in [-0.3, -0.25) is 9.69 Å². The molecule has 1 saturated heterocycles. The molecule has 1 aromatic rings. The average Bonchev–Trinajstić information content (AvgIpc) is 2.41. The van der Waals surface area contributed by atoms with Crippen molar-refractivity contribution in [2.75, 3.05) is 18.4 Å². The maximum Gasteiger partial charge on any atom is 0.238 e. The number of benzene rings is 1. The van der Waals surface area contributed by atoms with Gasteiger partial charge in [-0.1, -0.05) is 18.0 Å². The molecule has 0 radical (unpaired) electrons. The first-order valence-electron chi connectivity index (χ1n) is 6.83. The van der Waals surface area contributed by atoms with Crippen LogP contribution in [0.5, 0.6) is 0 Å². The third kappa shape index (κ3) is 3.72. The second kappa shape index (κ2) is 6.74. The van der Waals surface area contributed by atoms with Gasteiger partial charge >= 0.3 is 0 Å². The highest BCUT2D eigenvalue weighted by molar-refractivity contribution is 6.32. The molecule has 0 bridgehead atoms. The summed E-state index contributed by atoms with van der Waals surface area (Å²) in [5, 5.41) is 12.0. The normalized spacial score (nSPS) is 19.4. The lowest BCUT2D eigenvalue weighted by Crippen LogP contribution is -2.42. The summed E-state index contributed by atoms with van der Waals surface area (Å²) in [5.41, 5.74) is 1.04. The molecule has 1 N–H and O–H groups in total. The summed E-state index contributed by atoms with van der Waals surface area (Å²) in [6, 6.07) is 7.37. The summed E-state index contributed by atoms with van der Waals surface area (Å²) >= 11 is 5.94. The predicted molar refractivity (Wildman–Crippen MR) is 79.7 cm³/mol. The van der Waals surface area contributed by atoms with Crippen molar-refractivity contribution >= 4 is 23.2 Å². The van der Waals surface area contributed by atoms with Gasteiger partial charge in [0.25, 0.3) is 0 Å². The van der Waals surface area contributed by atoms with Crippen LogP contribution in [0.4, 0.5) is 5.69 Å². The maximum absolute atomic E-state index is 12.0. The molecule has 1 atom stereocenters. The molecule has 0 unspecified atom stereocenters. The SMILES string of the molecule is C[C@@H]1CCCCN1CC(=O)Nc1ccc(C#N)c(Cl)c1. The molecule has 106 valence electrons. The van der Waals surface area contributed by atoms with E-state index in [1.54, 1.807) is 18.2 Å². The van der Waals surface area contributed by atoms with E-state index in [0.717, 1.165) is 19.4 Å². The van der Waals surface area contributed by atoms with Crippen LogP contribution in [0, 0.1) is 11.3 Å². The van der Waals surface area contributed by atoms with Crippen molar-refractivity contribution in [3.8, 4) is 6.07 Å². The molecular weight excluding hydrogens is 274 g/mol. The van der Waals surface area contributed by atoms with Gasteiger partial charge in [-0.05, 0) is 44.5 Å². The van der Waals surface area contributed by atoms with E-state index >= 15 is 0 Å². The van der Waals surface area contributed by atoms with E-state index in [-0.39, 0.29) is 5.91 Å². The molecule has 0 spiro atoms. The van der Waals surface area contributed by atoms with Crippen LogP contribution in [0.3, 0.4) is 0 Å². The molecule has 1 aliphatic heterocycles. The van der Waals surface area contributed by atoms with E-state index in [0.29, 0.717) is 28.9 Å². The number of hydrogen-bond acceptors (Lipinski definition) is 3. The van der Waals surface area contributed by atoms with Crippen LogP contribution < -0.4 is 5.32 Å². The van der Waals surface area contributed by atoms with Crippen molar-refractivity contribution in [2.45, 2.75) is 32.2 Å². The van der Waals surface area contributed by atoms with Crippen LogP contribution in [0.1, 0.15) is 31.7 Å². The number of nitrogens with one attached hydrogen (secondary N) is 1. The first-order valence-corrected chi connectivity index (χ1v) is 7.21. The Morgan fingerprint density at radius 1 is 1.55 bits per heavy atom. The first kappa shape index (κ1) is 14.8. The fraction of sp³-hybridized carbons (Fsp3) is 0.467. The number of nitriles is 1. The van der Waals surface area contributed by atoms with E-state index in [1.165, 1.54) is 6.42 Å². The lowest BCUT2D eigenvalue weighted by Gasteiger charge is -2.32. The Labute approximate surface area is 124 Å². The predicted octanol–water partition coefficient (Wildman–Crippen LogP) is 3.02. The fourth-order valence-electron chi connectivity index (χ4n) is 2.46. The second-order valence-electron chi connectivity index (χ2n) is 5.17. The van der Waals surface area contributed by atoms with E-state index < -0.39 is 0 Å². The van der Waals surface area contributed by atoms with Crippen molar-refractivity contribution in [2.24, 2.45) is 0 Å². The summed E-state index contributed by atoms with van der Waals surface area (Å²) in [6.45, 7) is 3.53. The number of carbonyl (C=O) groups excluding carboxylic acids is 1. The van der Waals surface area contributed by atoms with Crippen molar-refractivity contribution in [3.63, 3.8) is 0 Å². The van der Waals surface area contributed by atoms with Crippen molar-refractivity contribution < 1.29 is 4.79 Å². The highest BCUT2D eigenvalue weighted by atomic mass is 35.5. The molecule has 0 aromatic heterocycles. The molecule has 0 saturated carbocycles. The largest absolute Gasteiger partial charge is 0.325 e. The van der Waals surface area contributed by atoms with Crippen LogP contribution in [-0.4, -0.2) is 29.9 Å². The molecule has 20 heavy (non-hydrogen) atoms.